The van der Waals surface area contributed by atoms with Crippen molar-refractivity contribution >= 4 is 32.7 Å². The molecule has 0 spiro atoms. The highest BCUT2D eigenvalue weighted by molar-refractivity contribution is 7.89. The number of nitrogens with one attached hydrogen (secondary N) is 1. The second kappa shape index (κ2) is 9.93. The number of fused-ring (bicyclic) bond motifs is 1. The van der Waals surface area contributed by atoms with Gasteiger partial charge in [0.1, 0.15) is 11.6 Å². The number of benzene rings is 2. The van der Waals surface area contributed by atoms with Crippen LogP contribution in [-0.2, 0) is 27.8 Å². The van der Waals surface area contributed by atoms with Gasteiger partial charge in [-0.2, -0.15) is 4.31 Å². The molecule has 1 amide bonds. The molecule has 0 atom stereocenters. The monoisotopic (exact) mass is 470 g/mol. The third kappa shape index (κ3) is 5.04. The van der Waals surface area contributed by atoms with Crippen molar-refractivity contribution in [1.29, 1.82) is 0 Å². The second-order valence-corrected chi connectivity index (χ2v) is 10.2. The Morgan fingerprint density at radius 1 is 1.12 bits per heavy atom. The summed E-state index contributed by atoms with van der Waals surface area (Å²) in [5, 5.41) is 2.89. The van der Waals surface area contributed by atoms with Gasteiger partial charge >= 0.3 is 0 Å². The van der Waals surface area contributed by atoms with Gasteiger partial charge in [-0.05, 0) is 61.7 Å². The number of hydrogen-bond donors (Lipinski definition) is 1. The molecular weight excluding hydrogens is 440 g/mol. The number of amides is 1. The van der Waals surface area contributed by atoms with Crippen LogP contribution in [0.25, 0.3) is 11.0 Å². The van der Waals surface area contributed by atoms with E-state index in [1.165, 1.54) is 0 Å². The molecule has 0 aliphatic carbocycles. The summed E-state index contributed by atoms with van der Waals surface area (Å²) >= 11 is 0. The molecule has 1 aliphatic heterocycles. The zero-order valence-electron chi connectivity index (χ0n) is 19.1. The summed E-state index contributed by atoms with van der Waals surface area (Å²) in [5.41, 5.74) is 2.25. The number of anilines is 1. The van der Waals surface area contributed by atoms with Gasteiger partial charge in [-0.25, -0.2) is 13.4 Å². The van der Waals surface area contributed by atoms with Gasteiger partial charge in [0.15, 0.2) is 0 Å². The number of aryl methyl sites for hydroxylation is 2. The lowest BCUT2D eigenvalue weighted by Crippen LogP contribution is -2.27. The molecule has 1 saturated heterocycles. The van der Waals surface area contributed by atoms with Crippen molar-refractivity contribution in [3.8, 4) is 5.75 Å². The standard InChI is InChI=1S/C24H30N4O4S/c1-3-14-28-22-11-10-20(33(30,31)27-15-4-5-16-27)17-21(22)26-23(28)12-13-24(29)25-18-6-8-19(32-2)9-7-18/h6-11,17H,3-5,12-16H2,1-2H3,(H,25,29). The number of nitrogens with zero attached hydrogens (tertiary/aromatic N) is 3. The summed E-state index contributed by atoms with van der Waals surface area (Å²) in [4.78, 5) is 17.5. The fourth-order valence-corrected chi connectivity index (χ4v) is 5.72. The predicted octanol–water partition coefficient (Wildman–Crippen LogP) is 3.81. The Hall–Kier alpha value is -2.91. The first-order valence-electron chi connectivity index (χ1n) is 11.4. The molecular formula is C24H30N4O4S. The number of aromatic nitrogens is 2. The summed E-state index contributed by atoms with van der Waals surface area (Å²) in [5.74, 6) is 1.41. The smallest absolute Gasteiger partial charge is 0.243 e. The molecule has 3 aromatic rings. The van der Waals surface area contributed by atoms with Gasteiger partial charge in [-0.15, -0.1) is 0 Å². The lowest BCUT2D eigenvalue weighted by Gasteiger charge is -2.15. The molecule has 1 aliphatic rings. The molecule has 2 aromatic carbocycles. The molecule has 8 nitrogen and oxygen atoms in total. The van der Waals surface area contributed by atoms with Crippen molar-refractivity contribution in [3.05, 3.63) is 48.3 Å². The van der Waals surface area contributed by atoms with Crippen molar-refractivity contribution in [3.63, 3.8) is 0 Å². The van der Waals surface area contributed by atoms with Crippen molar-refractivity contribution < 1.29 is 17.9 Å². The van der Waals surface area contributed by atoms with E-state index in [0.29, 0.717) is 30.7 Å². The average Bonchev–Trinajstić information content (AvgIpc) is 3.47. The topological polar surface area (TPSA) is 93.5 Å². The molecule has 0 saturated carbocycles. The summed E-state index contributed by atoms with van der Waals surface area (Å²) < 4.78 is 34.7. The van der Waals surface area contributed by atoms with E-state index in [0.717, 1.165) is 42.9 Å². The first kappa shape index (κ1) is 23.3. The Morgan fingerprint density at radius 3 is 2.52 bits per heavy atom. The zero-order chi connectivity index (χ0) is 23.4. The molecule has 1 aromatic heterocycles. The fraction of sp³-hybridized carbons (Fsp3) is 0.417. The van der Waals surface area contributed by atoms with E-state index in [4.69, 9.17) is 9.72 Å². The first-order chi connectivity index (χ1) is 15.9. The van der Waals surface area contributed by atoms with Gasteiger partial charge in [0.05, 0.1) is 23.0 Å². The van der Waals surface area contributed by atoms with E-state index in [9.17, 15) is 13.2 Å². The van der Waals surface area contributed by atoms with Crippen LogP contribution in [0.4, 0.5) is 5.69 Å². The van der Waals surface area contributed by atoms with Crippen molar-refractivity contribution in [2.24, 2.45) is 0 Å². The van der Waals surface area contributed by atoms with Crippen molar-refractivity contribution in [2.75, 3.05) is 25.5 Å². The Labute approximate surface area is 194 Å². The molecule has 0 bridgehead atoms. The number of carbonyl (C=O) groups excluding carboxylic acids is 1. The Kier molecular flexibility index (Phi) is 6.99. The minimum atomic E-state index is -3.50. The van der Waals surface area contributed by atoms with Gasteiger partial charge in [0, 0.05) is 38.2 Å². The van der Waals surface area contributed by atoms with Crippen LogP contribution in [0, 0.1) is 0 Å². The first-order valence-corrected chi connectivity index (χ1v) is 12.8. The maximum atomic E-state index is 13.0. The number of imidazole rings is 1. The second-order valence-electron chi connectivity index (χ2n) is 8.22. The number of methoxy groups -OCH3 is 1. The van der Waals surface area contributed by atoms with E-state index in [2.05, 4.69) is 16.8 Å². The largest absolute Gasteiger partial charge is 0.497 e. The summed E-state index contributed by atoms with van der Waals surface area (Å²) in [6, 6.07) is 12.4. The maximum Gasteiger partial charge on any atom is 0.243 e. The minimum Gasteiger partial charge on any atom is -0.497 e. The third-order valence-electron chi connectivity index (χ3n) is 5.90. The molecule has 33 heavy (non-hydrogen) atoms. The SMILES string of the molecule is CCCn1c(CCC(=O)Nc2ccc(OC)cc2)nc2cc(S(=O)(=O)N3CCCC3)ccc21. The van der Waals surface area contributed by atoms with Crippen molar-refractivity contribution in [1.82, 2.24) is 13.9 Å². The van der Waals surface area contributed by atoms with Crippen LogP contribution < -0.4 is 10.1 Å². The lowest BCUT2D eigenvalue weighted by molar-refractivity contribution is -0.116. The van der Waals surface area contributed by atoms with Gasteiger partial charge in [0.2, 0.25) is 15.9 Å². The number of rotatable bonds is 9. The average molecular weight is 471 g/mol. The molecule has 2 heterocycles. The number of carbonyl (C=O) groups is 1. The summed E-state index contributed by atoms with van der Waals surface area (Å²) in [6.45, 7) is 3.97. The lowest BCUT2D eigenvalue weighted by atomic mass is 10.2. The summed E-state index contributed by atoms with van der Waals surface area (Å²) in [7, 11) is -1.90. The summed E-state index contributed by atoms with van der Waals surface area (Å²) in [6.07, 6.45) is 3.44. The normalized spacial score (nSPS) is 14.6. The number of hydrogen-bond acceptors (Lipinski definition) is 5. The number of ether oxygens (including phenoxy) is 1. The van der Waals surface area contributed by atoms with E-state index in [1.54, 1.807) is 47.8 Å². The Balaban J connectivity index is 1.52. The highest BCUT2D eigenvalue weighted by Crippen LogP contribution is 2.26. The van der Waals surface area contributed by atoms with E-state index < -0.39 is 10.0 Å². The molecule has 1 fully saturated rings. The Morgan fingerprint density at radius 2 is 1.85 bits per heavy atom. The minimum absolute atomic E-state index is 0.104. The van der Waals surface area contributed by atoms with E-state index >= 15 is 0 Å². The highest BCUT2D eigenvalue weighted by atomic mass is 32.2. The maximum absolute atomic E-state index is 13.0. The van der Waals surface area contributed by atoms with Gasteiger partial charge in [0.25, 0.3) is 0 Å². The molecule has 9 heteroatoms. The quantitative estimate of drug-likeness (QED) is 0.513. The van der Waals surface area contributed by atoms with Crippen LogP contribution in [0.5, 0.6) is 5.75 Å². The van der Waals surface area contributed by atoms with Crippen LogP contribution in [0.15, 0.2) is 47.4 Å². The van der Waals surface area contributed by atoms with E-state index in [1.807, 2.05) is 6.07 Å². The Bertz CT molecular complexity index is 1230. The fourth-order valence-electron chi connectivity index (χ4n) is 4.18. The third-order valence-corrected chi connectivity index (χ3v) is 7.79. The predicted molar refractivity (Wildman–Crippen MR) is 128 cm³/mol. The molecule has 0 radical (unpaired) electrons. The highest BCUT2D eigenvalue weighted by Gasteiger charge is 2.27. The zero-order valence-corrected chi connectivity index (χ0v) is 19.9. The van der Waals surface area contributed by atoms with E-state index in [-0.39, 0.29) is 17.2 Å². The molecule has 0 unspecified atom stereocenters. The van der Waals surface area contributed by atoms with Gasteiger partial charge < -0.3 is 14.6 Å². The molecule has 4 rings (SSSR count). The van der Waals surface area contributed by atoms with Crippen LogP contribution in [-0.4, -0.2) is 48.4 Å². The van der Waals surface area contributed by atoms with Gasteiger partial charge in [-0.1, -0.05) is 6.92 Å². The van der Waals surface area contributed by atoms with Crippen LogP contribution in [0.2, 0.25) is 0 Å². The molecule has 1 N–H and O–H groups in total. The van der Waals surface area contributed by atoms with Crippen LogP contribution in [0.1, 0.15) is 38.4 Å². The van der Waals surface area contributed by atoms with Crippen molar-refractivity contribution in [2.45, 2.75) is 50.5 Å². The van der Waals surface area contributed by atoms with Gasteiger partial charge in [-0.3, -0.25) is 4.79 Å². The number of sulfonamides is 1. The van der Waals surface area contributed by atoms with Crippen LogP contribution >= 0.6 is 0 Å². The molecule has 176 valence electrons. The van der Waals surface area contributed by atoms with Crippen LogP contribution in [0.3, 0.4) is 0 Å².